The molecule has 0 fully saturated rings. The first kappa shape index (κ1) is 51.6. The average Bonchev–Trinajstić information content (AvgIpc) is 3.26. The molecule has 0 amide bonds. The lowest BCUT2D eigenvalue weighted by molar-refractivity contribution is -0.683. The molecule has 1 aliphatic heterocycles. The number of dihydropyridines is 1. The highest BCUT2D eigenvalue weighted by molar-refractivity contribution is 6.00. The Bertz CT molecular complexity index is 1510. The van der Waals surface area contributed by atoms with Crippen LogP contribution in [0.4, 0.5) is 0 Å². The lowest BCUT2D eigenvalue weighted by Crippen LogP contribution is -2.39. The Morgan fingerprint density at radius 1 is 0.508 bits per heavy atom. The number of ether oxygens (including phenoxy) is 2. The predicted molar refractivity (Wildman–Crippen MR) is 251 cm³/mol. The summed E-state index contributed by atoms with van der Waals surface area (Å²) in [6.07, 6.45) is 39.1. The quantitative estimate of drug-likeness (QED) is 0.0318. The third-order valence-electron chi connectivity index (χ3n) is 12.3. The third-order valence-corrected chi connectivity index (χ3v) is 12.3. The van der Waals surface area contributed by atoms with Crippen molar-refractivity contribution in [3.63, 3.8) is 0 Å². The topological polar surface area (TPSA) is 85.6 Å². The van der Waals surface area contributed by atoms with Gasteiger partial charge in [0.25, 0.3) is 0 Å². The van der Waals surface area contributed by atoms with Crippen molar-refractivity contribution in [3.8, 4) is 0 Å². The molecule has 0 aliphatic carbocycles. The highest BCUT2D eigenvalue weighted by atomic mass is 16.5. The minimum Gasteiger partial charge on any atom is -0.462 e. The molecule has 2 heterocycles. The van der Waals surface area contributed by atoms with Crippen LogP contribution in [0.1, 0.15) is 229 Å². The molecule has 3 rings (SSSR count). The zero-order valence-electron chi connectivity index (χ0n) is 39.2. The van der Waals surface area contributed by atoms with Crippen LogP contribution < -0.4 is 9.88 Å². The van der Waals surface area contributed by atoms with Crippen LogP contribution in [-0.4, -0.2) is 30.9 Å². The fraction of sp³-hybridized carbons (Fsp3) is 0.667. The van der Waals surface area contributed by atoms with Crippen LogP contribution in [0.3, 0.4) is 0 Å². The van der Waals surface area contributed by atoms with Gasteiger partial charge in [0.15, 0.2) is 12.4 Å². The number of hydrogen-bond acceptors (Lipinski definition) is 6. The normalized spacial score (nSPS) is 13.1. The number of carbonyl (C=O) groups is 3. The van der Waals surface area contributed by atoms with E-state index < -0.39 is 17.9 Å². The van der Waals surface area contributed by atoms with Crippen LogP contribution in [0.2, 0.25) is 0 Å². The molecule has 0 atom stereocenters. The number of hydrogen-bond donors (Lipinski definition) is 1. The Kier molecular flexibility index (Phi) is 27.8. The number of Topliss-reactive ketones (excluding diaryl/α,β-unsaturated/α-hetero) is 1. The van der Waals surface area contributed by atoms with E-state index in [0.29, 0.717) is 41.3 Å². The largest absolute Gasteiger partial charge is 0.462 e. The highest BCUT2D eigenvalue weighted by Gasteiger charge is 2.39. The number of esters is 2. The van der Waals surface area contributed by atoms with E-state index in [1.54, 1.807) is 0 Å². The van der Waals surface area contributed by atoms with Gasteiger partial charge in [0.1, 0.15) is 0 Å². The van der Waals surface area contributed by atoms with Crippen molar-refractivity contribution in [2.75, 3.05) is 13.2 Å². The average molecular weight is 842 g/mol. The van der Waals surface area contributed by atoms with Gasteiger partial charge in [0, 0.05) is 28.6 Å². The lowest BCUT2D eigenvalue weighted by atomic mass is 9.81. The number of benzene rings is 1. The molecule has 0 saturated heterocycles. The maximum atomic E-state index is 14.0. The standard InChI is InChI=1S/C54H84N2O5/c1-5-7-9-11-13-15-17-19-21-23-25-27-29-34-41-60-53(58)50-45(3)55-46(4)51(52(50)48-39-36-40-56(43-48)44-49(57)47-37-32-31-33-38-47)54(59)61-42-35-30-28-26-24-22-20-18-16-14-12-10-8-6-2/h31-33,36-40,43,52H,5-30,34-35,41-42,44H2,1-4H3/p+1. The van der Waals surface area contributed by atoms with Crippen molar-refractivity contribution in [2.45, 2.75) is 220 Å². The fourth-order valence-corrected chi connectivity index (χ4v) is 8.64. The number of rotatable bonds is 36. The van der Waals surface area contributed by atoms with Gasteiger partial charge < -0.3 is 14.8 Å². The Labute approximate surface area is 371 Å². The Morgan fingerprint density at radius 3 is 1.28 bits per heavy atom. The molecule has 2 aromatic rings. The van der Waals surface area contributed by atoms with Gasteiger partial charge in [0.2, 0.25) is 12.3 Å². The zero-order valence-corrected chi connectivity index (χ0v) is 39.2. The monoisotopic (exact) mass is 842 g/mol. The number of carbonyl (C=O) groups excluding carboxylic acids is 3. The number of allylic oxidation sites excluding steroid dienone is 2. The molecule has 0 spiro atoms. The van der Waals surface area contributed by atoms with Crippen LogP contribution >= 0.6 is 0 Å². The molecule has 1 aromatic heterocycles. The third kappa shape index (κ3) is 21.3. The van der Waals surface area contributed by atoms with E-state index in [4.69, 9.17) is 9.47 Å². The van der Waals surface area contributed by atoms with Crippen molar-refractivity contribution in [2.24, 2.45) is 0 Å². The summed E-state index contributed by atoms with van der Waals surface area (Å²) in [5.74, 6) is -1.57. The molecule has 0 bridgehead atoms. The SMILES string of the molecule is CCCCCCCCCCCCCCCCOC(=O)C1=C(C)NC(C)=C(C(=O)OCCCCCCCCCCCCCCCC)C1c1ccc[n+](CC(=O)c2ccccc2)c1. The van der Waals surface area contributed by atoms with E-state index in [2.05, 4.69) is 19.2 Å². The van der Waals surface area contributed by atoms with E-state index in [1.165, 1.54) is 141 Å². The number of nitrogens with one attached hydrogen (secondary N) is 1. The van der Waals surface area contributed by atoms with Crippen molar-refractivity contribution < 1.29 is 28.4 Å². The first-order chi connectivity index (χ1) is 29.9. The van der Waals surface area contributed by atoms with Crippen LogP contribution in [0.15, 0.2) is 77.4 Å². The van der Waals surface area contributed by atoms with Gasteiger partial charge in [-0.2, -0.15) is 4.57 Å². The van der Waals surface area contributed by atoms with Gasteiger partial charge in [-0.05, 0) is 32.8 Å². The van der Waals surface area contributed by atoms with Gasteiger partial charge in [-0.3, -0.25) is 4.79 Å². The van der Waals surface area contributed by atoms with Gasteiger partial charge in [0.05, 0.1) is 30.3 Å². The molecular weight excluding hydrogens is 757 g/mol. The number of aromatic nitrogens is 1. The van der Waals surface area contributed by atoms with Crippen LogP contribution in [0, 0.1) is 0 Å². The summed E-state index contributed by atoms with van der Waals surface area (Å²) in [6.45, 7) is 9.08. The van der Waals surface area contributed by atoms with Crippen molar-refractivity contribution in [1.29, 1.82) is 0 Å². The van der Waals surface area contributed by atoms with Crippen molar-refractivity contribution >= 4 is 17.7 Å². The van der Waals surface area contributed by atoms with Gasteiger partial charge in [-0.15, -0.1) is 0 Å². The fourth-order valence-electron chi connectivity index (χ4n) is 8.64. The Morgan fingerprint density at radius 2 is 0.885 bits per heavy atom. The predicted octanol–water partition coefficient (Wildman–Crippen LogP) is 14.1. The second-order valence-electron chi connectivity index (χ2n) is 17.7. The van der Waals surface area contributed by atoms with E-state index in [-0.39, 0.29) is 12.3 Å². The molecule has 7 heteroatoms. The first-order valence-electron chi connectivity index (χ1n) is 25.0. The lowest BCUT2D eigenvalue weighted by Gasteiger charge is -2.30. The Hall–Kier alpha value is -3.74. The minimum absolute atomic E-state index is 0.0212. The molecule has 1 aromatic carbocycles. The van der Waals surface area contributed by atoms with E-state index in [9.17, 15) is 14.4 Å². The summed E-state index contributed by atoms with van der Waals surface area (Å²) in [5.41, 5.74) is 3.50. The second-order valence-corrected chi connectivity index (χ2v) is 17.7. The molecule has 340 valence electrons. The van der Waals surface area contributed by atoms with Gasteiger partial charge >= 0.3 is 11.9 Å². The number of unbranched alkanes of at least 4 members (excludes halogenated alkanes) is 26. The maximum Gasteiger partial charge on any atom is 0.336 e. The van der Waals surface area contributed by atoms with Gasteiger partial charge in [-0.25, -0.2) is 9.59 Å². The van der Waals surface area contributed by atoms with E-state index >= 15 is 0 Å². The summed E-state index contributed by atoms with van der Waals surface area (Å²) >= 11 is 0. The van der Waals surface area contributed by atoms with E-state index in [0.717, 1.165) is 44.1 Å². The summed E-state index contributed by atoms with van der Waals surface area (Å²) < 4.78 is 13.7. The minimum atomic E-state index is -0.701. The Balaban J connectivity index is 1.53. The van der Waals surface area contributed by atoms with Gasteiger partial charge in [-0.1, -0.05) is 211 Å². The number of pyridine rings is 1. The summed E-state index contributed by atoms with van der Waals surface area (Å²) in [7, 11) is 0. The summed E-state index contributed by atoms with van der Waals surface area (Å²) in [5, 5.41) is 3.31. The molecule has 1 aliphatic rings. The van der Waals surface area contributed by atoms with Crippen LogP contribution in [0.25, 0.3) is 0 Å². The molecule has 0 radical (unpaired) electrons. The zero-order chi connectivity index (χ0) is 43.8. The maximum absolute atomic E-state index is 14.0. The number of nitrogens with zero attached hydrogens (tertiary/aromatic N) is 1. The molecule has 0 unspecified atom stereocenters. The van der Waals surface area contributed by atoms with Crippen LogP contribution in [-0.2, 0) is 25.6 Å². The second kappa shape index (κ2) is 32.9. The molecular formula is C54H85N2O5+. The smallest absolute Gasteiger partial charge is 0.336 e. The van der Waals surface area contributed by atoms with Crippen LogP contribution in [0.5, 0.6) is 0 Å². The summed E-state index contributed by atoms with van der Waals surface area (Å²) in [6, 6.07) is 13.0. The first-order valence-corrected chi connectivity index (χ1v) is 25.0. The van der Waals surface area contributed by atoms with Crippen molar-refractivity contribution in [3.05, 3.63) is 88.5 Å². The van der Waals surface area contributed by atoms with Crippen molar-refractivity contribution in [1.82, 2.24) is 5.32 Å². The molecule has 0 saturated carbocycles. The molecule has 7 nitrogen and oxygen atoms in total. The molecule has 61 heavy (non-hydrogen) atoms. The molecule has 1 N–H and O–H groups in total. The number of ketones is 1. The van der Waals surface area contributed by atoms with E-state index in [1.807, 2.05) is 73.3 Å². The summed E-state index contributed by atoms with van der Waals surface area (Å²) in [4.78, 5) is 41.2. The highest BCUT2D eigenvalue weighted by Crippen LogP contribution is 2.39.